The summed E-state index contributed by atoms with van der Waals surface area (Å²) in [6.45, 7) is 5.92. The number of methoxy groups -OCH3 is 1. The van der Waals surface area contributed by atoms with E-state index >= 15 is 0 Å². The summed E-state index contributed by atoms with van der Waals surface area (Å²) < 4.78 is 7.41. The number of aryl methyl sites for hydroxylation is 1. The van der Waals surface area contributed by atoms with Gasteiger partial charge in [-0.05, 0) is 37.6 Å². The van der Waals surface area contributed by atoms with Crippen molar-refractivity contribution < 1.29 is 4.74 Å². The van der Waals surface area contributed by atoms with Crippen LogP contribution in [-0.4, -0.2) is 34.2 Å². The molecular weight excluding hydrogens is 455 g/mol. The van der Waals surface area contributed by atoms with Gasteiger partial charge in [-0.1, -0.05) is 18.2 Å². The van der Waals surface area contributed by atoms with Gasteiger partial charge in [-0.3, -0.25) is 4.40 Å². The van der Waals surface area contributed by atoms with Crippen LogP contribution in [0.4, 0.5) is 0 Å². The first-order valence-corrected chi connectivity index (χ1v) is 8.65. The molecule has 0 amide bonds. The van der Waals surface area contributed by atoms with E-state index in [1.54, 1.807) is 7.11 Å². The minimum absolute atomic E-state index is 0. The number of fused-ring (bicyclic) bond motifs is 1. The minimum atomic E-state index is 0. The second-order valence-corrected chi connectivity index (χ2v) is 5.91. The molecule has 2 heterocycles. The molecule has 3 aromatic rings. The van der Waals surface area contributed by atoms with Gasteiger partial charge in [-0.2, -0.15) is 0 Å². The molecule has 0 fully saturated rings. The zero-order chi connectivity index (χ0) is 18.4. The van der Waals surface area contributed by atoms with Crippen molar-refractivity contribution in [3.05, 3.63) is 59.5 Å². The van der Waals surface area contributed by atoms with E-state index in [-0.39, 0.29) is 24.0 Å². The first-order chi connectivity index (χ1) is 12.7. The molecule has 0 spiro atoms. The van der Waals surface area contributed by atoms with Gasteiger partial charge in [0.05, 0.1) is 20.2 Å². The van der Waals surface area contributed by atoms with Crippen LogP contribution in [0.2, 0.25) is 0 Å². The molecule has 2 aromatic heterocycles. The quantitative estimate of drug-likeness (QED) is 0.323. The molecule has 7 nitrogen and oxygen atoms in total. The van der Waals surface area contributed by atoms with Crippen molar-refractivity contribution in [2.24, 2.45) is 4.99 Å². The molecule has 0 aliphatic carbocycles. The summed E-state index contributed by atoms with van der Waals surface area (Å²) in [5, 5.41) is 15.0. The average Bonchev–Trinajstić information content (AvgIpc) is 3.08. The lowest BCUT2D eigenvalue weighted by molar-refractivity contribution is 0.409. The number of ether oxygens (including phenoxy) is 1. The molecule has 0 radical (unpaired) electrons. The first kappa shape index (κ1) is 20.9. The van der Waals surface area contributed by atoms with Crippen LogP contribution in [-0.2, 0) is 13.1 Å². The van der Waals surface area contributed by atoms with Crippen molar-refractivity contribution in [1.29, 1.82) is 0 Å². The number of guanidine groups is 1. The summed E-state index contributed by atoms with van der Waals surface area (Å²) >= 11 is 0. The Labute approximate surface area is 176 Å². The highest BCUT2D eigenvalue weighted by molar-refractivity contribution is 14.0. The summed E-state index contributed by atoms with van der Waals surface area (Å²) in [6.07, 6.45) is 1.95. The van der Waals surface area contributed by atoms with E-state index in [9.17, 15) is 0 Å². The molecule has 0 atom stereocenters. The average molecular weight is 480 g/mol. The number of nitrogens with one attached hydrogen (secondary N) is 2. The smallest absolute Gasteiger partial charge is 0.191 e. The maximum atomic E-state index is 5.45. The van der Waals surface area contributed by atoms with Crippen molar-refractivity contribution >= 4 is 35.6 Å². The fraction of sp³-hybridized carbons (Fsp3) is 0.316. The zero-order valence-corrected chi connectivity index (χ0v) is 18.1. The van der Waals surface area contributed by atoms with Crippen molar-refractivity contribution in [2.45, 2.75) is 26.9 Å². The molecule has 0 aliphatic rings. The SMILES string of the molecule is CCNC(=NCc1ccc(C)cc1OC)NCc1nnc2ccccn12.I. The van der Waals surface area contributed by atoms with E-state index in [1.807, 2.05) is 54.8 Å². The van der Waals surface area contributed by atoms with Gasteiger partial charge in [-0.25, -0.2) is 4.99 Å². The van der Waals surface area contributed by atoms with E-state index in [1.165, 1.54) is 5.56 Å². The van der Waals surface area contributed by atoms with Gasteiger partial charge in [0.25, 0.3) is 0 Å². The normalized spacial score (nSPS) is 11.1. The van der Waals surface area contributed by atoms with Gasteiger partial charge in [0.2, 0.25) is 0 Å². The lowest BCUT2D eigenvalue weighted by Gasteiger charge is -2.12. The molecule has 0 unspecified atom stereocenters. The second kappa shape index (κ2) is 10.1. The second-order valence-electron chi connectivity index (χ2n) is 5.91. The van der Waals surface area contributed by atoms with E-state index in [0.29, 0.717) is 13.1 Å². The third-order valence-corrected chi connectivity index (χ3v) is 3.99. The van der Waals surface area contributed by atoms with Crippen LogP contribution < -0.4 is 15.4 Å². The third kappa shape index (κ3) is 5.31. The Morgan fingerprint density at radius 1 is 1.19 bits per heavy atom. The maximum absolute atomic E-state index is 5.45. The van der Waals surface area contributed by atoms with E-state index in [2.05, 4.69) is 31.9 Å². The lowest BCUT2D eigenvalue weighted by atomic mass is 10.1. The monoisotopic (exact) mass is 480 g/mol. The molecule has 2 N–H and O–H groups in total. The number of halogens is 1. The number of aliphatic imine (C=N–C) groups is 1. The van der Waals surface area contributed by atoms with Crippen LogP contribution in [0.15, 0.2) is 47.6 Å². The van der Waals surface area contributed by atoms with Crippen LogP contribution in [0, 0.1) is 6.92 Å². The molecule has 0 saturated carbocycles. The molecule has 27 heavy (non-hydrogen) atoms. The van der Waals surface area contributed by atoms with Crippen LogP contribution >= 0.6 is 24.0 Å². The molecule has 144 valence electrons. The van der Waals surface area contributed by atoms with Crippen LogP contribution in [0.25, 0.3) is 5.65 Å². The number of aromatic nitrogens is 3. The highest BCUT2D eigenvalue weighted by Gasteiger charge is 2.07. The standard InChI is InChI=1S/C19H24N6O.HI/c1-4-20-19(21-12-15-9-8-14(2)11-16(15)26-3)22-13-18-24-23-17-7-5-6-10-25(17)18;/h5-11H,4,12-13H2,1-3H3,(H2,20,21,22);1H. The number of pyridine rings is 1. The van der Waals surface area contributed by atoms with Gasteiger partial charge in [-0.15, -0.1) is 34.2 Å². The predicted molar refractivity (Wildman–Crippen MR) is 118 cm³/mol. The highest BCUT2D eigenvalue weighted by Crippen LogP contribution is 2.20. The minimum Gasteiger partial charge on any atom is -0.496 e. The first-order valence-electron chi connectivity index (χ1n) is 8.65. The predicted octanol–water partition coefficient (Wildman–Crippen LogP) is 2.92. The van der Waals surface area contributed by atoms with Crippen LogP contribution in [0.3, 0.4) is 0 Å². The van der Waals surface area contributed by atoms with Crippen LogP contribution in [0.1, 0.15) is 23.9 Å². The molecule has 0 bridgehead atoms. The molecule has 1 aromatic carbocycles. The Hall–Kier alpha value is -2.36. The van der Waals surface area contributed by atoms with Crippen molar-refractivity contribution in [3.8, 4) is 5.75 Å². The number of hydrogen-bond acceptors (Lipinski definition) is 4. The molecule has 8 heteroatoms. The third-order valence-electron chi connectivity index (χ3n) is 3.99. The number of benzene rings is 1. The highest BCUT2D eigenvalue weighted by atomic mass is 127. The Balaban J connectivity index is 0.00000261. The summed E-state index contributed by atoms with van der Waals surface area (Å²) in [6, 6.07) is 12.0. The lowest BCUT2D eigenvalue weighted by Crippen LogP contribution is -2.37. The van der Waals surface area contributed by atoms with E-state index in [4.69, 9.17) is 4.74 Å². The van der Waals surface area contributed by atoms with Crippen molar-refractivity contribution in [1.82, 2.24) is 25.2 Å². The van der Waals surface area contributed by atoms with E-state index in [0.717, 1.165) is 35.3 Å². The summed E-state index contributed by atoms with van der Waals surface area (Å²) in [4.78, 5) is 4.66. The van der Waals surface area contributed by atoms with Gasteiger partial charge >= 0.3 is 0 Å². The fourth-order valence-electron chi connectivity index (χ4n) is 2.66. The summed E-state index contributed by atoms with van der Waals surface area (Å²) in [5.41, 5.74) is 3.04. The number of hydrogen-bond donors (Lipinski definition) is 2. The van der Waals surface area contributed by atoms with Gasteiger partial charge < -0.3 is 15.4 Å². The van der Waals surface area contributed by atoms with Crippen LogP contribution in [0.5, 0.6) is 5.75 Å². The summed E-state index contributed by atoms with van der Waals surface area (Å²) in [5.74, 6) is 2.41. The fourth-order valence-corrected chi connectivity index (χ4v) is 2.66. The Morgan fingerprint density at radius 3 is 2.81 bits per heavy atom. The van der Waals surface area contributed by atoms with Crippen molar-refractivity contribution in [2.75, 3.05) is 13.7 Å². The summed E-state index contributed by atoms with van der Waals surface area (Å²) in [7, 11) is 1.68. The number of rotatable bonds is 6. The largest absolute Gasteiger partial charge is 0.496 e. The molecule has 0 saturated heterocycles. The van der Waals surface area contributed by atoms with Gasteiger partial charge in [0.1, 0.15) is 5.75 Å². The Morgan fingerprint density at radius 2 is 2.04 bits per heavy atom. The Kier molecular flexibility index (Phi) is 7.83. The van der Waals surface area contributed by atoms with Crippen molar-refractivity contribution in [3.63, 3.8) is 0 Å². The topological polar surface area (TPSA) is 75.8 Å². The molecular formula is C19H25IN6O. The maximum Gasteiger partial charge on any atom is 0.191 e. The van der Waals surface area contributed by atoms with Gasteiger partial charge in [0, 0.05) is 18.3 Å². The molecule has 0 aliphatic heterocycles. The van der Waals surface area contributed by atoms with Gasteiger partial charge in [0.15, 0.2) is 17.4 Å². The Bertz CT molecular complexity index is 908. The molecule has 3 rings (SSSR count). The number of nitrogens with zero attached hydrogens (tertiary/aromatic N) is 4. The van der Waals surface area contributed by atoms with E-state index < -0.39 is 0 Å². The zero-order valence-electron chi connectivity index (χ0n) is 15.8.